The maximum Gasteiger partial charge on any atom is 0.210 e. The molecule has 0 bridgehead atoms. The van der Waals surface area contributed by atoms with Crippen LogP contribution in [0.3, 0.4) is 0 Å². The Kier molecular flexibility index (Phi) is 6.61. The van der Waals surface area contributed by atoms with Crippen LogP contribution < -0.4 is 5.32 Å². The first-order valence-corrected chi connectivity index (χ1v) is 6.76. The van der Waals surface area contributed by atoms with Crippen LogP contribution in [0.25, 0.3) is 0 Å². The van der Waals surface area contributed by atoms with Gasteiger partial charge in [-0.15, -0.1) is 0 Å². The van der Waals surface area contributed by atoms with Gasteiger partial charge in [-0.1, -0.05) is 19.3 Å². The van der Waals surface area contributed by atoms with Crippen LogP contribution in [-0.4, -0.2) is 29.3 Å². The highest BCUT2D eigenvalue weighted by atomic mass is 32.2. The summed E-state index contributed by atoms with van der Waals surface area (Å²) in [6.45, 7) is 0.169. The Morgan fingerprint density at radius 2 is 2.00 bits per heavy atom. The smallest absolute Gasteiger partial charge is 0.210 e. The van der Waals surface area contributed by atoms with Gasteiger partial charge >= 0.3 is 0 Å². The molecule has 0 aromatic carbocycles. The minimum atomic E-state index is -2.13. The maximum absolute atomic E-state index is 13.3. The third-order valence-electron chi connectivity index (χ3n) is 3.20. The Balaban J connectivity index is 2.06. The second-order valence-corrected chi connectivity index (χ2v) is 5.48. The lowest BCUT2D eigenvalue weighted by Crippen LogP contribution is -2.31. The van der Waals surface area contributed by atoms with Crippen molar-refractivity contribution in [1.29, 1.82) is 0 Å². The molecule has 0 spiro atoms. The highest BCUT2D eigenvalue weighted by molar-refractivity contribution is 7.95. The van der Waals surface area contributed by atoms with E-state index in [-0.39, 0.29) is 18.5 Å². The zero-order valence-electron chi connectivity index (χ0n) is 9.55. The van der Waals surface area contributed by atoms with Crippen molar-refractivity contribution in [2.24, 2.45) is 5.92 Å². The Morgan fingerprint density at radius 1 is 1.31 bits per heavy atom. The molecule has 0 saturated heterocycles. The molecule has 1 aliphatic rings. The molecule has 5 heteroatoms. The predicted molar refractivity (Wildman–Crippen MR) is 64.1 cm³/mol. The topological polar surface area (TPSA) is 32.3 Å². The van der Waals surface area contributed by atoms with Crippen molar-refractivity contribution < 1.29 is 13.3 Å². The fraction of sp³-hybridized carbons (Fsp3) is 1.00. The van der Waals surface area contributed by atoms with Crippen molar-refractivity contribution in [2.45, 2.75) is 43.5 Å². The van der Waals surface area contributed by atoms with Crippen molar-refractivity contribution in [2.75, 3.05) is 19.8 Å². The lowest BCUT2D eigenvalue weighted by Gasteiger charge is -2.23. The van der Waals surface area contributed by atoms with Gasteiger partial charge in [-0.2, -0.15) is 0 Å². The fourth-order valence-electron chi connectivity index (χ4n) is 2.11. The molecule has 16 heavy (non-hydrogen) atoms. The van der Waals surface area contributed by atoms with E-state index in [2.05, 4.69) is 5.32 Å². The molecule has 0 radical (unpaired) electrons. The summed E-state index contributed by atoms with van der Waals surface area (Å²) in [5.41, 5.74) is 0. The van der Waals surface area contributed by atoms with Crippen LogP contribution in [0.2, 0.25) is 0 Å². The number of hydrogen-bond donors (Lipinski definition) is 2. The van der Waals surface area contributed by atoms with Gasteiger partial charge < -0.3 is 9.87 Å². The van der Waals surface area contributed by atoms with Crippen molar-refractivity contribution in [1.82, 2.24) is 5.32 Å². The summed E-state index contributed by atoms with van der Waals surface area (Å²) in [6.07, 6.45) is 6.40. The van der Waals surface area contributed by atoms with E-state index in [0.29, 0.717) is 12.5 Å². The zero-order chi connectivity index (χ0) is 11.9. The number of halogens is 2. The molecule has 0 aliphatic heterocycles. The molecule has 96 valence electrons. The van der Waals surface area contributed by atoms with Crippen molar-refractivity contribution in [3.8, 4) is 0 Å². The Morgan fingerprint density at radius 3 is 2.56 bits per heavy atom. The number of nitrogens with one attached hydrogen (secondary N) is 1. The lowest BCUT2D eigenvalue weighted by molar-refractivity contribution is 0.200. The summed E-state index contributed by atoms with van der Waals surface area (Å²) in [7, 11) is 0. The molecule has 1 unspecified atom stereocenters. The maximum atomic E-state index is 13.3. The van der Waals surface area contributed by atoms with Crippen LogP contribution in [0.15, 0.2) is 0 Å². The summed E-state index contributed by atoms with van der Waals surface area (Å²) >= 11 is -0.0234. The molecule has 1 saturated carbocycles. The average molecular weight is 253 g/mol. The first-order chi connectivity index (χ1) is 7.70. The van der Waals surface area contributed by atoms with Gasteiger partial charge in [0.1, 0.15) is 6.67 Å². The predicted octanol–water partition coefficient (Wildman–Crippen LogP) is 3.39. The second kappa shape index (κ2) is 7.45. The number of rotatable bonds is 7. The first-order valence-electron chi connectivity index (χ1n) is 5.98. The molecule has 0 amide bonds. The average Bonchev–Trinajstić information content (AvgIpc) is 2.36. The van der Waals surface area contributed by atoms with E-state index < -0.39 is 11.7 Å². The molecule has 1 atom stereocenters. The third kappa shape index (κ3) is 4.97. The van der Waals surface area contributed by atoms with Crippen molar-refractivity contribution in [3.05, 3.63) is 0 Å². The Labute approximate surface area is 100 Å². The summed E-state index contributed by atoms with van der Waals surface area (Å²) in [4.78, 5) is 0. The van der Waals surface area contributed by atoms with Crippen LogP contribution in [-0.2, 0) is 0 Å². The van der Waals surface area contributed by atoms with E-state index in [9.17, 15) is 8.78 Å². The molecular formula is C11H21F2NOS. The van der Waals surface area contributed by atoms with Gasteiger partial charge in [0.15, 0.2) is 0 Å². The lowest BCUT2D eigenvalue weighted by atomic mass is 9.89. The normalized spacial score (nSPS) is 21.9. The molecule has 1 fully saturated rings. The molecule has 0 aromatic heterocycles. The summed E-state index contributed by atoms with van der Waals surface area (Å²) < 4.78 is 34.2. The highest BCUT2D eigenvalue weighted by Gasteiger charge is 2.30. The van der Waals surface area contributed by atoms with Gasteiger partial charge in [0.25, 0.3) is 0 Å². The molecule has 2 N–H and O–H groups in total. The molecule has 2 nitrogen and oxygen atoms in total. The van der Waals surface area contributed by atoms with Crippen molar-refractivity contribution >= 4 is 12.0 Å². The Hall–Kier alpha value is 0.130. The van der Waals surface area contributed by atoms with E-state index in [4.69, 9.17) is 4.55 Å². The van der Waals surface area contributed by atoms with Crippen LogP contribution in [0, 0.1) is 5.92 Å². The van der Waals surface area contributed by atoms with E-state index in [1.165, 1.54) is 32.1 Å². The molecule has 0 heterocycles. The number of hydrogen-bond acceptors (Lipinski definition) is 3. The monoisotopic (exact) mass is 253 g/mol. The molecule has 0 aromatic rings. The quantitative estimate of drug-likeness (QED) is 0.539. The third-order valence-corrected chi connectivity index (χ3v) is 3.84. The SMILES string of the molecule is OSC(F)(CF)CCNCC1CCCCC1. The van der Waals surface area contributed by atoms with Crippen molar-refractivity contribution in [3.63, 3.8) is 0 Å². The van der Waals surface area contributed by atoms with Crippen LogP contribution in [0.4, 0.5) is 8.78 Å². The summed E-state index contributed by atoms with van der Waals surface area (Å²) in [5.74, 6) is 0.690. The van der Waals surface area contributed by atoms with Gasteiger partial charge in [-0.25, -0.2) is 8.78 Å². The van der Waals surface area contributed by atoms with Gasteiger partial charge in [-0.05, 0) is 31.8 Å². The van der Waals surface area contributed by atoms with E-state index >= 15 is 0 Å². The minimum Gasteiger partial charge on any atom is -0.327 e. The number of alkyl halides is 2. The van der Waals surface area contributed by atoms with E-state index in [0.717, 1.165) is 6.54 Å². The van der Waals surface area contributed by atoms with E-state index in [1.807, 2.05) is 0 Å². The largest absolute Gasteiger partial charge is 0.327 e. The van der Waals surface area contributed by atoms with Gasteiger partial charge in [-0.3, -0.25) is 0 Å². The second-order valence-electron chi connectivity index (χ2n) is 4.57. The van der Waals surface area contributed by atoms with Gasteiger partial charge in [0.05, 0.1) is 0 Å². The van der Waals surface area contributed by atoms with Crippen LogP contribution in [0.1, 0.15) is 38.5 Å². The summed E-state index contributed by atoms with van der Waals surface area (Å²) in [5, 5.41) is 1.02. The van der Waals surface area contributed by atoms with Crippen LogP contribution >= 0.6 is 12.0 Å². The summed E-state index contributed by atoms with van der Waals surface area (Å²) in [6, 6.07) is 0. The Bertz CT molecular complexity index is 185. The molecular weight excluding hydrogens is 232 g/mol. The fourth-order valence-corrected chi connectivity index (χ4v) is 2.35. The van der Waals surface area contributed by atoms with E-state index in [1.54, 1.807) is 0 Å². The highest BCUT2D eigenvalue weighted by Crippen LogP contribution is 2.28. The standard InChI is InChI=1S/C11H21F2NOS/c12-9-11(13,16-15)6-7-14-8-10-4-2-1-3-5-10/h10,14-15H,1-9H2. The molecule has 1 aliphatic carbocycles. The van der Waals surface area contributed by atoms with Crippen LogP contribution in [0.5, 0.6) is 0 Å². The van der Waals surface area contributed by atoms with Gasteiger partial charge in [0, 0.05) is 18.5 Å². The minimum absolute atomic E-state index is 0.0113. The van der Waals surface area contributed by atoms with Gasteiger partial charge in [0.2, 0.25) is 5.00 Å². The first kappa shape index (κ1) is 14.2. The molecule has 1 rings (SSSR count). The zero-order valence-corrected chi connectivity index (χ0v) is 10.4.